The first-order valence-corrected chi connectivity index (χ1v) is 10.8. The number of nitrogens with one attached hydrogen (secondary N) is 1. The molecule has 1 N–H and O–H groups in total. The number of hydrogen-bond donors (Lipinski definition) is 1. The summed E-state index contributed by atoms with van der Waals surface area (Å²) >= 11 is 0. The van der Waals surface area contributed by atoms with Gasteiger partial charge in [-0.15, -0.1) is 0 Å². The zero-order valence-electron chi connectivity index (χ0n) is 18.4. The lowest BCUT2D eigenvalue weighted by Gasteiger charge is -2.35. The van der Waals surface area contributed by atoms with E-state index in [2.05, 4.69) is 24.1 Å². The molecule has 0 bridgehead atoms. The molecule has 0 spiro atoms. The largest absolute Gasteiger partial charge is 0.449 e. The van der Waals surface area contributed by atoms with Gasteiger partial charge in [0.1, 0.15) is 6.54 Å². The van der Waals surface area contributed by atoms with Gasteiger partial charge in [0.2, 0.25) is 11.7 Å². The predicted molar refractivity (Wildman–Crippen MR) is 119 cm³/mol. The predicted octanol–water partition coefficient (Wildman–Crippen LogP) is 4.81. The first-order valence-electron chi connectivity index (χ1n) is 10.8. The molecule has 0 radical (unpaired) electrons. The number of para-hydroxylation sites is 3. The Labute approximate surface area is 189 Å². The average molecular weight is 458 g/mol. The number of carbonyl (C=O) groups is 2. The van der Waals surface area contributed by atoms with Gasteiger partial charge in [0.25, 0.3) is 5.91 Å². The minimum Gasteiger partial charge on any atom is -0.338 e. The first kappa shape index (κ1) is 22.8. The molecule has 2 amide bonds. The molecule has 1 fully saturated rings. The van der Waals surface area contributed by atoms with Gasteiger partial charge >= 0.3 is 6.18 Å². The minimum atomic E-state index is -4.71. The van der Waals surface area contributed by atoms with Crippen molar-refractivity contribution in [1.29, 1.82) is 0 Å². The lowest BCUT2D eigenvalue weighted by Crippen LogP contribution is -2.42. The van der Waals surface area contributed by atoms with Crippen molar-refractivity contribution < 1.29 is 22.8 Å². The summed E-state index contributed by atoms with van der Waals surface area (Å²) < 4.78 is 41.5. The van der Waals surface area contributed by atoms with Crippen LogP contribution in [-0.2, 0) is 17.5 Å². The summed E-state index contributed by atoms with van der Waals surface area (Å²) in [6, 6.07) is 12.7. The Kier molecular flexibility index (Phi) is 6.14. The number of piperidine rings is 1. The van der Waals surface area contributed by atoms with Crippen LogP contribution in [-0.4, -0.2) is 39.4 Å². The number of aromatic nitrogens is 2. The van der Waals surface area contributed by atoms with E-state index in [0.29, 0.717) is 30.5 Å². The molecule has 2 heterocycles. The number of benzene rings is 2. The molecule has 1 saturated heterocycles. The summed E-state index contributed by atoms with van der Waals surface area (Å²) in [7, 11) is 0. The molecule has 6 nitrogen and oxygen atoms in total. The normalized spacial score (nSPS) is 19.0. The highest BCUT2D eigenvalue weighted by Crippen LogP contribution is 2.31. The Morgan fingerprint density at radius 3 is 2.36 bits per heavy atom. The number of likely N-dealkylation sites (tertiary alicyclic amines) is 1. The van der Waals surface area contributed by atoms with Crippen LogP contribution in [0.2, 0.25) is 0 Å². The van der Waals surface area contributed by atoms with E-state index in [1.54, 1.807) is 41.3 Å². The van der Waals surface area contributed by atoms with Gasteiger partial charge in [-0.1, -0.05) is 38.1 Å². The van der Waals surface area contributed by atoms with Crippen LogP contribution < -0.4 is 5.32 Å². The number of alkyl halides is 3. The molecular formula is C24H25F3N4O2. The van der Waals surface area contributed by atoms with Crippen LogP contribution in [0, 0.1) is 11.8 Å². The molecule has 2 aromatic carbocycles. The molecule has 1 aromatic heterocycles. The van der Waals surface area contributed by atoms with E-state index in [0.717, 1.165) is 11.0 Å². The van der Waals surface area contributed by atoms with Crippen LogP contribution >= 0.6 is 0 Å². The monoisotopic (exact) mass is 458 g/mol. The average Bonchev–Trinajstić information content (AvgIpc) is 3.12. The van der Waals surface area contributed by atoms with Gasteiger partial charge in [-0.25, -0.2) is 4.98 Å². The number of carbonyl (C=O) groups excluding carboxylic acids is 2. The number of amides is 2. The molecule has 2 atom stereocenters. The number of hydrogen-bond acceptors (Lipinski definition) is 3. The van der Waals surface area contributed by atoms with Crippen molar-refractivity contribution in [3.8, 4) is 0 Å². The van der Waals surface area contributed by atoms with Crippen molar-refractivity contribution in [1.82, 2.24) is 14.5 Å². The Bertz CT molecular complexity index is 1180. The summed E-state index contributed by atoms with van der Waals surface area (Å²) in [5.41, 5.74) is 0.956. The first-order chi connectivity index (χ1) is 15.6. The highest BCUT2D eigenvalue weighted by atomic mass is 19.4. The zero-order valence-corrected chi connectivity index (χ0v) is 18.4. The Balaban J connectivity index is 1.58. The summed E-state index contributed by atoms with van der Waals surface area (Å²) in [5, 5.41) is 2.63. The van der Waals surface area contributed by atoms with Crippen LogP contribution in [0.4, 0.5) is 18.9 Å². The van der Waals surface area contributed by atoms with Gasteiger partial charge in [0, 0.05) is 13.1 Å². The molecule has 33 heavy (non-hydrogen) atoms. The zero-order chi connectivity index (χ0) is 23.8. The molecule has 0 aliphatic carbocycles. The summed E-state index contributed by atoms with van der Waals surface area (Å²) in [5.74, 6) is -1.28. The standard InChI is InChI=1S/C24H25F3N4O2/c1-15-11-16(2)13-30(12-15)22(33)17-7-3-4-8-18(17)28-21(32)14-31-20-10-6-5-9-19(20)29-23(31)24(25,26)27/h3-10,15-16H,11-14H2,1-2H3,(H,28,32). The maximum atomic E-state index is 13.5. The highest BCUT2D eigenvalue weighted by molar-refractivity contribution is 6.04. The molecule has 3 aromatic rings. The third-order valence-electron chi connectivity index (χ3n) is 5.80. The number of imidazole rings is 1. The third-order valence-corrected chi connectivity index (χ3v) is 5.80. The van der Waals surface area contributed by atoms with E-state index in [-0.39, 0.29) is 22.6 Å². The number of anilines is 1. The summed E-state index contributed by atoms with van der Waals surface area (Å²) in [4.78, 5) is 31.4. The maximum Gasteiger partial charge on any atom is 0.449 e. The number of nitrogens with zero attached hydrogens (tertiary/aromatic N) is 3. The van der Waals surface area contributed by atoms with Crippen LogP contribution in [0.25, 0.3) is 11.0 Å². The van der Waals surface area contributed by atoms with Crippen molar-refractivity contribution in [2.75, 3.05) is 18.4 Å². The Morgan fingerprint density at radius 1 is 1.03 bits per heavy atom. The fourth-order valence-electron chi connectivity index (χ4n) is 4.56. The lowest BCUT2D eigenvalue weighted by molar-refractivity contribution is -0.147. The SMILES string of the molecule is CC1CC(C)CN(C(=O)c2ccccc2NC(=O)Cn2c(C(F)(F)F)nc3ccccc32)C1. The lowest BCUT2D eigenvalue weighted by atomic mass is 9.91. The molecule has 1 aliphatic rings. The fraction of sp³-hybridized carbons (Fsp3) is 0.375. The van der Waals surface area contributed by atoms with E-state index in [1.165, 1.54) is 12.1 Å². The van der Waals surface area contributed by atoms with Gasteiger partial charge < -0.3 is 14.8 Å². The highest BCUT2D eigenvalue weighted by Gasteiger charge is 2.38. The van der Waals surface area contributed by atoms with Crippen LogP contribution in [0.15, 0.2) is 48.5 Å². The molecule has 174 valence electrons. The second kappa shape index (κ2) is 8.88. The molecule has 1 aliphatic heterocycles. The van der Waals surface area contributed by atoms with Crippen molar-refractivity contribution in [3.05, 3.63) is 59.9 Å². The van der Waals surface area contributed by atoms with E-state index in [1.807, 2.05) is 0 Å². The third kappa shape index (κ3) is 4.86. The number of fused-ring (bicyclic) bond motifs is 1. The molecule has 0 saturated carbocycles. The summed E-state index contributed by atoms with van der Waals surface area (Å²) in [6.45, 7) is 4.85. The van der Waals surface area contributed by atoms with Crippen molar-refractivity contribution in [3.63, 3.8) is 0 Å². The second-order valence-electron chi connectivity index (χ2n) is 8.76. The number of halogens is 3. The molecular weight excluding hydrogens is 433 g/mol. The van der Waals surface area contributed by atoms with Crippen LogP contribution in [0.3, 0.4) is 0 Å². The van der Waals surface area contributed by atoms with Crippen molar-refractivity contribution in [2.45, 2.75) is 33.0 Å². The van der Waals surface area contributed by atoms with Gasteiger partial charge in [-0.05, 0) is 42.5 Å². The second-order valence-corrected chi connectivity index (χ2v) is 8.76. The smallest absolute Gasteiger partial charge is 0.338 e. The quantitative estimate of drug-likeness (QED) is 0.610. The van der Waals surface area contributed by atoms with Gasteiger partial charge in [0.05, 0.1) is 22.3 Å². The van der Waals surface area contributed by atoms with E-state index in [9.17, 15) is 22.8 Å². The van der Waals surface area contributed by atoms with Gasteiger partial charge in [-0.2, -0.15) is 13.2 Å². The van der Waals surface area contributed by atoms with Crippen LogP contribution in [0.1, 0.15) is 36.5 Å². The van der Waals surface area contributed by atoms with E-state index >= 15 is 0 Å². The summed E-state index contributed by atoms with van der Waals surface area (Å²) in [6.07, 6.45) is -3.67. The van der Waals surface area contributed by atoms with Gasteiger partial charge in [0.15, 0.2) is 0 Å². The van der Waals surface area contributed by atoms with E-state index in [4.69, 9.17) is 0 Å². The molecule has 9 heteroatoms. The van der Waals surface area contributed by atoms with Crippen LogP contribution in [0.5, 0.6) is 0 Å². The molecule has 4 rings (SSSR count). The fourth-order valence-corrected chi connectivity index (χ4v) is 4.56. The Morgan fingerprint density at radius 2 is 1.67 bits per heavy atom. The minimum absolute atomic E-state index is 0.154. The molecule has 2 unspecified atom stereocenters. The van der Waals surface area contributed by atoms with E-state index < -0.39 is 24.5 Å². The topological polar surface area (TPSA) is 67.2 Å². The van der Waals surface area contributed by atoms with Crippen molar-refractivity contribution >= 4 is 28.5 Å². The maximum absolute atomic E-state index is 13.5. The Hall–Kier alpha value is -3.36. The van der Waals surface area contributed by atoms with Crippen molar-refractivity contribution in [2.24, 2.45) is 11.8 Å². The number of rotatable bonds is 4. The van der Waals surface area contributed by atoms with Gasteiger partial charge in [-0.3, -0.25) is 9.59 Å².